The predicted octanol–water partition coefficient (Wildman–Crippen LogP) is 2.74. The van der Waals surface area contributed by atoms with Crippen molar-refractivity contribution in [1.82, 2.24) is 9.78 Å². The van der Waals surface area contributed by atoms with Crippen molar-refractivity contribution in [3.05, 3.63) is 47.2 Å². The number of aromatic nitrogens is 2. The molecule has 0 amide bonds. The maximum Gasteiger partial charge on any atom is 0.335 e. The maximum atomic E-state index is 12.8. The van der Waals surface area contributed by atoms with Gasteiger partial charge in [0.05, 0.1) is 31.7 Å². The third-order valence-corrected chi connectivity index (χ3v) is 4.32. The largest absolute Gasteiger partial charge is 0.465 e. The van der Waals surface area contributed by atoms with Crippen molar-refractivity contribution in [2.45, 2.75) is 27.2 Å². The highest BCUT2D eigenvalue weighted by molar-refractivity contribution is 6.30. The average Bonchev–Trinajstić information content (AvgIpc) is 3.15. The summed E-state index contributed by atoms with van der Waals surface area (Å²) in [6.45, 7) is 4.71. The average molecular weight is 423 g/mol. The van der Waals surface area contributed by atoms with Gasteiger partial charge in [-0.2, -0.15) is 5.10 Å². The topological polar surface area (TPSA) is 96.7 Å². The van der Waals surface area contributed by atoms with Crippen LogP contribution in [0.4, 0.5) is 0 Å². The number of benzene rings is 1. The molecule has 0 saturated heterocycles. The molecule has 156 valence electrons. The summed E-state index contributed by atoms with van der Waals surface area (Å²) in [5.74, 6) is -3.05. The van der Waals surface area contributed by atoms with Gasteiger partial charge in [0.15, 0.2) is 0 Å². The molecule has 1 aromatic heterocycles. The molecule has 9 heteroatoms. The summed E-state index contributed by atoms with van der Waals surface area (Å²) >= 11 is 5.90. The van der Waals surface area contributed by atoms with Crippen LogP contribution in [-0.2, 0) is 35.0 Å². The molecule has 0 aliphatic heterocycles. The molecule has 0 N–H and O–H groups in total. The fourth-order valence-electron chi connectivity index (χ4n) is 2.72. The number of carbonyl (C=O) groups excluding carboxylic acids is 3. The van der Waals surface area contributed by atoms with Gasteiger partial charge in [-0.1, -0.05) is 11.6 Å². The molecule has 0 radical (unpaired) electrons. The van der Waals surface area contributed by atoms with E-state index in [0.717, 1.165) is 5.69 Å². The van der Waals surface area contributed by atoms with Crippen LogP contribution in [0.25, 0.3) is 5.69 Å². The number of halogens is 1. The number of carbonyl (C=O) groups is 3. The quantitative estimate of drug-likeness (QED) is 0.348. The Morgan fingerprint density at radius 3 is 1.86 bits per heavy atom. The standard InChI is InChI=1S/C20H23ClN2O6/c1-4-27-17(24)20(18(25)28-5-2,19(26)29-6-3)11-14-12-22-23(13-14)16-9-7-15(21)8-10-16/h7-10,12-13H,4-6,11H2,1-3H3. The van der Waals surface area contributed by atoms with E-state index in [1.54, 1.807) is 51.2 Å². The highest BCUT2D eigenvalue weighted by atomic mass is 35.5. The van der Waals surface area contributed by atoms with E-state index >= 15 is 0 Å². The second-order valence-corrected chi connectivity index (χ2v) is 6.45. The molecule has 2 aromatic rings. The molecular weight excluding hydrogens is 400 g/mol. The van der Waals surface area contributed by atoms with Crippen LogP contribution < -0.4 is 0 Å². The van der Waals surface area contributed by atoms with Gasteiger partial charge in [-0.05, 0) is 50.6 Å². The number of hydrogen-bond donors (Lipinski definition) is 0. The van der Waals surface area contributed by atoms with Gasteiger partial charge in [-0.15, -0.1) is 0 Å². The minimum Gasteiger partial charge on any atom is -0.465 e. The highest BCUT2D eigenvalue weighted by Crippen LogP contribution is 2.30. The van der Waals surface area contributed by atoms with Crippen molar-refractivity contribution < 1.29 is 28.6 Å². The Morgan fingerprint density at radius 2 is 1.41 bits per heavy atom. The van der Waals surface area contributed by atoms with E-state index in [1.165, 1.54) is 10.9 Å². The van der Waals surface area contributed by atoms with Crippen molar-refractivity contribution in [2.24, 2.45) is 5.41 Å². The minimum absolute atomic E-state index is 0.0105. The smallest absolute Gasteiger partial charge is 0.335 e. The van der Waals surface area contributed by atoms with E-state index in [0.29, 0.717) is 10.6 Å². The molecule has 8 nitrogen and oxygen atoms in total. The summed E-state index contributed by atoms with van der Waals surface area (Å²) in [4.78, 5) is 38.3. The molecule has 1 heterocycles. The lowest BCUT2D eigenvalue weighted by Crippen LogP contribution is -2.51. The Kier molecular flexibility index (Phi) is 7.78. The summed E-state index contributed by atoms with van der Waals surface area (Å²) in [6.07, 6.45) is 2.76. The number of hydrogen-bond acceptors (Lipinski definition) is 7. The second kappa shape index (κ2) is 10.1. The van der Waals surface area contributed by atoms with Gasteiger partial charge in [-0.25, -0.2) is 4.68 Å². The van der Waals surface area contributed by atoms with Crippen LogP contribution in [0.1, 0.15) is 26.3 Å². The van der Waals surface area contributed by atoms with Crippen molar-refractivity contribution in [3.8, 4) is 5.69 Å². The van der Waals surface area contributed by atoms with Crippen LogP contribution in [0.5, 0.6) is 0 Å². The van der Waals surface area contributed by atoms with Gasteiger partial charge in [-0.3, -0.25) is 14.4 Å². The van der Waals surface area contributed by atoms with Crippen molar-refractivity contribution in [3.63, 3.8) is 0 Å². The molecule has 0 spiro atoms. The number of nitrogens with zero attached hydrogens (tertiary/aromatic N) is 2. The molecule has 29 heavy (non-hydrogen) atoms. The highest BCUT2D eigenvalue weighted by Gasteiger charge is 2.57. The van der Waals surface area contributed by atoms with Crippen LogP contribution in [0.15, 0.2) is 36.7 Å². The van der Waals surface area contributed by atoms with E-state index in [1.807, 2.05) is 0 Å². The van der Waals surface area contributed by atoms with Crippen LogP contribution in [0.2, 0.25) is 5.02 Å². The first kappa shape index (κ1) is 22.4. The third kappa shape index (κ3) is 4.95. The van der Waals surface area contributed by atoms with Gasteiger partial charge >= 0.3 is 17.9 Å². The molecule has 0 aliphatic rings. The Labute approximate surface area is 173 Å². The van der Waals surface area contributed by atoms with Gasteiger partial charge in [0, 0.05) is 17.6 Å². The van der Waals surface area contributed by atoms with Crippen LogP contribution >= 0.6 is 11.6 Å². The third-order valence-electron chi connectivity index (χ3n) is 4.07. The number of rotatable bonds is 9. The Morgan fingerprint density at radius 1 is 0.931 bits per heavy atom. The monoisotopic (exact) mass is 422 g/mol. The Bertz CT molecular complexity index is 817. The second-order valence-electron chi connectivity index (χ2n) is 6.01. The van der Waals surface area contributed by atoms with Gasteiger partial charge in [0.2, 0.25) is 0 Å². The summed E-state index contributed by atoms with van der Waals surface area (Å²) < 4.78 is 16.6. The summed E-state index contributed by atoms with van der Waals surface area (Å²) in [5, 5.41) is 4.81. The normalized spacial score (nSPS) is 11.0. The summed E-state index contributed by atoms with van der Waals surface area (Å²) in [6, 6.07) is 6.93. The van der Waals surface area contributed by atoms with Crippen molar-refractivity contribution >= 4 is 29.5 Å². The maximum absolute atomic E-state index is 12.8. The molecule has 1 aromatic carbocycles. The van der Waals surface area contributed by atoms with Gasteiger partial charge in [0.1, 0.15) is 0 Å². The fourth-order valence-corrected chi connectivity index (χ4v) is 2.85. The van der Waals surface area contributed by atoms with Gasteiger partial charge < -0.3 is 14.2 Å². The van der Waals surface area contributed by atoms with Gasteiger partial charge in [0.25, 0.3) is 5.41 Å². The molecule has 0 fully saturated rings. The minimum atomic E-state index is -2.27. The molecule has 0 unspecified atom stereocenters. The Hall–Kier alpha value is -2.87. The predicted molar refractivity (Wildman–Crippen MR) is 105 cm³/mol. The van der Waals surface area contributed by atoms with E-state index < -0.39 is 23.3 Å². The lowest BCUT2D eigenvalue weighted by molar-refractivity contribution is -0.183. The summed E-state index contributed by atoms with van der Waals surface area (Å²) in [7, 11) is 0. The van der Waals surface area contributed by atoms with E-state index in [4.69, 9.17) is 25.8 Å². The molecule has 0 atom stereocenters. The van der Waals surface area contributed by atoms with Crippen LogP contribution in [-0.4, -0.2) is 47.5 Å². The van der Waals surface area contributed by atoms with E-state index in [2.05, 4.69) is 5.10 Å². The van der Waals surface area contributed by atoms with Crippen LogP contribution in [0.3, 0.4) is 0 Å². The zero-order valence-corrected chi connectivity index (χ0v) is 17.3. The molecule has 0 aliphatic carbocycles. The molecular formula is C20H23ClN2O6. The lowest BCUT2D eigenvalue weighted by atomic mass is 9.82. The zero-order valence-electron chi connectivity index (χ0n) is 16.5. The zero-order chi connectivity index (χ0) is 21.4. The summed E-state index contributed by atoms with van der Waals surface area (Å²) in [5.41, 5.74) is -1.10. The van der Waals surface area contributed by atoms with Crippen molar-refractivity contribution in [1.29, 1.82) is 0 Å². The van der Waals surface area contributed by atoms with Crippen molar-refractivity contribution in [2.75, 3.05) is 19.8 Å². The Balaban J connectivity index is 2.45. The van der Waals surface area contributed by atoms with E-state index in [9.17, 15) is 14.4 Å². The number of esters is 3. The molecule has 0 saturated carbocycles. The fraction of sp³-hybridized carbons (Fsp3) is 0.400. The first-order valence-electron chi connectivity index (χ1n) is 9.20. The molecule has 0 bridgehead atoms. The molecule has 2 rings (SSSR count). The lowest BCUT2D eigenvalue weighted by Gasteiger charge is -2.26. The number of ether oxygens (including phenoxy) is 3. The first-order valence-corrected chi connectivity index (χ1v) is 9.57. The van der Waals surface area contributed by atoms with Crippen LogP contribution in [0, 0.1) is 5.41 Å². The van der Waals surface area contributed by atoms with E-state index in [-0.39, 0.29) is 26.2 Å². The first-order chi connectivity index (χ1) is 13.9. The SMILES string of the molecule is CCOC(=O)C(Cc1cnn(-c2ccc(Cl)cc2)c1)(C(=O)OCC)C(=O)OCC.